The van der Waals surface area contributed by atoms with Crippen molar-refractivity contribution in [3.05, 3.63) is 24.3 Å². The standard InChI is InChI=1S/C21H35N3O3/c1-4-22-20(24-17-21(12-14-25-2)10-5-6-11-21)23-13-15-27-19-9-7-8-18(16-19)26-3/h7-9,16H,4-6,10-15,17H2,1-3H3,(H2,22,23,24). The minimum atomic E-state index is 0.301. The van der Waals surface area contributed by atoms with Crippen LogP contribution in [0.4, 0.5) is 0 Å². The largest absolute Gasteiger partial charge is 0.497 e. The third-order valence-corrected chi connectivity index (χ3v) is 5.12. The van der Waals surface area contributed by atoms with Crippen molar-refractivity contribution in [3.8, 4) is 11.5 Å². The van der Waals surface area contributed by atoms with Gasteiger partial charge < -0.3 is 24.8 Å². The van der Waals surface area contributed by atoms with E-state index in [4.69, 9.17) is 19.2 Å². The lowest BCUT2D eigenvalue weighted by Gasteiger charge is -2.27. The summed E-state index contributed by atoms with van der Waals surface area (Å²) in [6.07, 6.45) is 6.19. The molecule has 27 heavy (non-hydrogen) atoms. The molecule has 0 spiro atoms. The van der Waals surface area contributed by atoms with Crippen molar-refractivity contribution in [2.24, 2.45) is 10.4 Å². The predicted octanol–water partition coefficient (Wildman–Crippen LogP) is 3.23. The highest BCUT2D eigenvalue weighted by molar-refractivity contribution is 5.79. The summed E-state index contributed by atoms with van der Waals surface area (Å²) in [5.74, 6) is 2.46. The molecule has 0 amide bonds. The number of rotatable bonds is 11. The molecule has 1 saturated carbocycles. The summed E-state index contributed by atoms with van der Waals surface area (Å²) in [4.78, 5) is 4.86. The fraction of sp³-hybridized carbons (Fsp3) is 0.667. The minimum absolute atomic E-state index is 0.301. The minimum Gasteiger partial charge on any atom is -0.497 e. The molecule has 1 fully saturated rings. The van der Waals surface area contributed by atoms with Gasteiger partial charge in [0.1, 0.15) is 18.1 Å². The first-order valence-electron chi connectivity index (χ1n) is 9.99. The van der Waals surface area contributed by atoms with Gasteiger partial charge in [0.05, 0.1) is 13.7 Å². The van der Waals surface area contributed by atoms with Gasteiger partial charge in [-0.15, -0.1) is 0 Å². The van der Waals surface area contributed by atoms with Gasteiger partial charge in [-0.3, -0.25) is 4.99 Å². The van der Waals surface area contributed by atoms with Crippen LogP contribution in [0.15, 0.2) is 29.3 Å². The van der Waals surface area contributed by atoms with Crippen LogP contribution in [0.1, 0.15) is 39.0 Å². The molecule has 152 valence electrons. The van der Waals surface area contributed by atoms with Gasteiger partial charge >= 0.3 is 0 Å². The van der Waals surface area contributed by atoms with Crippen LogP contribution < -0.4 is 20.1 Å². The van der Waals surface area contributed by atoms with E-state index in [9.17, 15) is 0 Å². The first kappa shape index (κ1) is 21.4. The Kier molecular flexibility index (Phi) is 9.25. The highest BCUT2D eigenvalue weighted by Gasteiger charge is 2.33. The Balaban J connectivity index is 1.81. The van der Waals surface area contributed by atoms with E-state index in [0.717, 1.165) is 43.6 Å². The molecule has 0 bridgehead atoms. The Morgan fingerprint density at radius 2 is 1.89 bits per heavy atom. The number of aliphatic imine (C=N–C) groups is 1. The van der Waals surface area contributed by atoms with Crippen molar-refractivity contribution in [2.45, 2.75) is 39.0 Å². The summed E-state index contributed by atoms with van der Waals surface area (Å²) in [5.41, 5.74) is 0.301. The fourth-order valence-electron chi connectivity index (χ4n) is 3.55. The number of nitrogens with one attached hydrogen (secondary N) is 2. The summed E-state index contributed by atoms with van der Waals surface area (Å²) in [6, 6.07) is 7.65. The second kappa shape index (κ2) is 11.7. The summed E-state index contributed by atoms with van der Waals surface area (Å²) in [7, 11) is 3.43. The molecular formula is C21H35N3O3. The molecule has 1 aromatic carbocycles. The van der Waals surface area contributed by atoms with Gasteiger partial charge in [0, 0.05) is 32.9 Å². The van der Waals surface area contributed by atoms with E-state index < -0.39 is 0 Å². The molecule has 1 aliphatic carbocycles. The van der Waals surface area contributed by atoms with Gasteiger partial charge in [0.15, 0.2) is 5.96 Å². The summed E-state index contributed by atoms with van der Waals surface area (Å²) in [5, 5.41) is 6.70. The number of hydrogen-bond donors (Lipinski definition) is 2. The van der Waals surface area contributed by atoms with E-state index in [0.29, 0.717) is 18.6 Å². The van der Waals surface area contributed by atoms with Gasteiger partial charge in [-0.05, 0) is 43.7 Å². The maximum absolute atomic E-state index is 5.79. The summed E-state index contributed by atoms with van der Waals surface area (Å²) in [6.45, 7) is 5.84. The van der Waals surface area contributed by atoms with E-state index >= 15 is 0 Å². The Morgan fingerprint density at radius 1 is 1.11 bits per heavy atom. The smallest absolute Gasteiger partial charge is 0.191 e. The van der Waals surface area contributed by atoms with Crippen LogP contribution >= 0.6 is 0 Å². The number of methoxy groups -OCH3 is 2. The average Bonchev–Trinajstić information content (AvgIpc) is 3.17. The number of hydrogen-bond acceptors (Lipinski definition) is 4. The maximum Gasteiger partial charge on any atom is 0.191 e. The Bertz CT molecular complexity index is 572. The molecule has 1 aromatic rings. The monoisotopic (exact) mass is 377 g/mol. The second-order valence-electron chi connectivity index (χ2n) is 7.10. The van der Waals surface area contributed by atoms with E-state index in [1.165, 1.54) is 25.7 Å². The van der Waals surface area contributed by atoms with E-state index in [2.05, 4.69) is 17.6 Å². The van der Waals surface area contributed by atoms with Gasteiger partial charge in [-0.2, -0.15) is 0 Å². The maximum atomic E-state index is 5.79. The van der Waals surface area contributed by atoms with Gasteiger partial charge in [-0.25, -0.2) is 0 Å². The van der Waals surface area contributed by atoms with E-state index in [1.807, 2.05) is 24.3 Å². The summed E-state index contributed by atoms with van der Waals surface area (Å²) >= 11 is 0. The molecule has 0 radical (unpaired) electrons. The third kappa shape index (κ3) is 7.29. The molecule has 0 saturated heterocycles. The zero-order valence-corrected chi connectivity index (χ0v) is 17.1. The Morgan fingerprint density at radius 3 is 2.59 bits per heavy atom. The van der Waals surface area contributed by atoms with Gasteiger partial charge in [-0.1, -0.05) is 18.9 Å². The lowest BCUT2D eigenvalue weighted by atomic mass is 9.83. The van der Waals surface area contributed by atoms with Crippen LogP contribution in [0, 0.1) is 5.41 Å². The molecule has 0 heterocycles. The highest BCUT2D eigenvalue weighted by atomic mass is 16.5. The fourth-order valence-corrected chi connectivity index (χ4v) is 3.55. The first-order valence-corrected chi connectivity index (χ1v) is 9.99. The first-order chi connectivity index (χ1) is 13.2. The Hall–Kier alpha value is -1.95. The molecule has 0 atom stereocenters. The van der Waals surface area contributed by atoms with Crippen LogP contribution in [0.3, 0.4) is 0 Å². The second-order valence-corrected chi connectivity index (χ2v) is 7.10. The molecule has 6 nitrogen and oxygen atoms in total. The van der Waals surface area contributed by atoms with Crippen LogP contribution in [0.5, 0.6) is 11.5 Å². The summed E-state index contributed by atoms with van der Waals surface area (Å²) < 4.78 is 16.3. The van der Waals surface area contributed by atoms with Crippen LogP contribution in [0.2, 0.25) is 0 Å². The quantitative estimate of drug-likeness (QED) is 0.352. The van der Waals surface area contributed by atoms with Crippen molar-refractivity contribution in [3.63, 3.8) is 0 Å². The zero-order chi connectivity index (χ0) is 19.4. The molecule has 0 aliphatic heterocycles. The number of guanidine groups is 1. The van der Waals surface area contributed by atoms with Crippen molar-refractivity contribution in [2.75, 3.05) is 47.1 Å². The topological polar surface area (TPSA) is 64.1 Å². The number of ether oxygens (including phenoxy) is 3. The number of nitrogens with zero attached hydrogens (tertiary/aromatic N) is 1. The molecule has 0 unspecified atom stereocenters. The SMILES string of the molecule is CCNC(=NCC1(CCOC)CCCC1)NCCOc1cccc(OC)c1. The highest BCUT2D eigenvalue weighted by Crippen LogP contribution is 2.41. The van der Waals surface area contributed by atoms with E-state index in [-0.39, 0.29) is 0 Å². The lowest BCUT2D eigenvalue weighted by Crippen LogP contribution is -2.40. The molecular weight excluding hydrogens is 342 g/mol. The molecule has 1 aliphatic rings. The van der Waals surface area contributed by atoms with Crippen molar-refractivity contribution < 1.29 is 14.2 Å². The molecule has 0 aromatic heterocycles. The molecule has 2 rings (SSSR count). The third-order valence-electron chi connectivity index (χ3n) is 5.12. The molecule has 6 heteroatoms. The van der Waals surface area contributed by atoms with Crippen LogP contribution in [-0.2, 0) is 4.74 Å². The van der Waals surface area contributed by atoms with Crippen molar-refractivity contribution >= 4 is 5.96 Å². The van der Waals surface area contributed by atoms with Crippen molar-refractivity contribution in [1.82, 2.24) is 10.6 Å². The van der Waals surface area contributed by atoms with Crippen molar-refractivity contribution in [1.29, 1.82) is 0 Å². The lowest BCUT2D eigenvalue weighted by molar-refractivity contribution is 0.141. The predicted molar refractivity (Wildman–Crippen MR) is 110 cm³/mol. The van der Waals surface area contributed by atoms with E-state index in [1.54, 1.807) is 14.2 Å². The normalized spacial score (nSPS) is 16.2. The van der Waals surface area contributed by atoms with Crippen LogP contribution in [-0.4, -0.2) is 53.0 Å². The number of benzene rings is 1. The van der Waals surface area contributed by atoms with Gasteiger partial charge in [0.25, 0.3) is 0 Å². The van der Waals surface area contributed by atoms with Gasteiger partial charge in [0.2, 0.25) is 0 Å². The van der Waals surface area contributed by atoms with Crippen LogP contribution in [0.25, 0.3) is 0 Å². The molecule has 2 N–H and O–H groups in total. The Labute approximate surface area is 163 Å². The zero-order valence-electron chi connectivity index (χ0n) is 17.1. The average molecular weight is 378 g/mol.